The molecule has 0 atom stereocenters. The molecule has 4 heteroatoms. The minimum absolute atomic E-state index is 0.143. The Morgan fingerprint density at radius 3 is 2.76 bits per heavy atom. The van der Waals surface area contributed by atoms with Crippen molar-refractivity contribution in [1.82, 2.24) is 5.32 Å². The minimum Gasteiger partial charge on any atom is -0.377 e. The lowest BCUT2D eigenvalue weighted by Gasteiger charge is -2.28. The van der Waals surface area contributed by atoms with Gasteiger partial charge in [0, 0.05) is 38.6 Å². The summed E-state index contributed by atoms with van der Waals surface area (Å²) < 4.78 is 0. The minimum atomic E-state index is 0.143. The number of hydrogen-bond donors (Lipinski definition) is 1. The van der Waals surface area contributed by atoms with Crippen LogP contribution in [0, 0.1) is 6.92 Å². The number of hydrogen-bond acceptors (Lipinski definition) is 3. The lowest BCUT2D eigenvalue weighted by molar-refractivity contribution is -0.118. The van der Waals surface area contributed by atoms with Crippen LogP contribution in [0.1, 0.15) is 5.56 Å². The van der Waals surface area contributed by atoms with Gasteiger partial charge in [0.1, 0.15) is 0 Å². The van der Waals surface area contributed by atoms with E-state index in [1.807, 2.05) is 25.1 Å². The van der Waals surface area contributed by atoms with Crippen LogP contribution in [0.5, 0.6) is 0 Å². The monoisotopic (exact) mass is 233 g/mol. The highest BCUT2D eigenvalue weighted by Crippen LogP contribution is 2.25. The van der Waals surface area contributed by atoms with Crippen molar-refractivity contribution in [2.75, 3.05) is 43.5 Å². The lowest BCUT2D eigenvalue weighted by atomic mass is 10.1. The van der Waals surface area contributed by atoms with E-state index >= 15 is 0 Å². The zero-order chi connectivity index (χ0) is 12.4. The van der Waals surface area contributed by atoms with Crippen LogP contribution in [0.25, 0.3) is 0 Å². The lowest BCUT2D eigenvalue weighted by Crippen LogP contribution is -2.48. The Hall–Kier alpha value is -1.55. The molecule has 0 radical (unpaired) electrons. The van der Waals surface area contributed by atoms with Crippen LogP contribution in [-0.4, -0.2) is 39.6 Å². The molecule has 1 N–H and O–H groups in total. The first kappa shape index (κ1) is 11.9. The quantitative estimate of drug-likeness (QED) is 0.827. The number of nitrogens with zero attached hydrogens (tertiary/aromatic N) is 2. The van der Waals surface area contributed by atoms with Crippen molar-refractivity contribution in [3.63, 3.8) is 0 Å². The van der Waals surface area contributed by atoms with E-state index in [4.69, 9.17) is 0 Å². The van der Waals surface area contributed by atoms with Gasteiger partial charge >= 0.3 is 0 Å². The van der Waals surface area contributed by atoms with Crippen molar-refractivity contribution in [2.45, 2.75) is 6.92 Å². The third-order valence-electron chi connectivity index (χ3n) is 3.08. The standard InChI is InChI=1S/C13H19N3O/c1-10-4-5-11(8-12(10)15(2)3)16-7-6-14-9-13(16)17/h4-5,8,14H,6-7,9H2,1-3H3. The normalized spacial score (nSPS) is 16.2. The largest absolute Gasteiger partial charge is 0.377 e. The smallest absolute Gasteiger partial charge is 0.240 e. The molecule has 0 bridgehead atoms. The molecule has 1 aromatic carbocycles. The topological polar surface area (TPSA) is 35.6 Å². The van der Waals surface area contributed by atoms with E-state index in [-0.39, 0.29) is 5.91 Å². The van der Waals surface area contributed by atoms with E-state index in [9.17, 15) is 4.79 Å². The Kier molecular flexibility index (Phi) is 3.33. The Balaban J connectivity index is 2.32. The van der Waals surface area contributed by atoms with Gasteiger partial charge in [-0.05, 0) is 24.6 Å². The third-order valence-corrected chi connectivity index (χ3v) is 3.08. The van der Waals surface area contributed by atoms with Crippen LogP contribution >= 0.6 is 0 Å². The zero-order valence-corrected chi connectivity index (χ0v) is 10.7. The average molecular weight is 233 g/mol. The van der Waals surface area contributed by atoms with Crippen LogP contribution in [0.2, 0.25) is 0 Å². The summed E-state index contributed by atoms with van der Waals surface area (Å²) in [4.78, 5) is 15.7. The second kappa shape index (κ2) is 4.75. The molecular weight excluding hydrogens is 214 g/mol. The number of amides is 1. The van der Waals surface area contributed by atoms with E-state index in [0.717, 1.165) is 24.5 Å². The molecule has 2 rings (SSSR count). The Morgan fingerprint density at radius 2 is 2.12 bits per heavy atom. The number of anilines is 2. The van der Waals surface area contributed by atoms with Crippen LogP contribution < -0.4 is 15.1 Å². The summed E-state index contributed by atoms with van der Waals surface area (Å²) in [7, 11) is 4.04. The van der Waals surface area contributed by atoms with Gasteiger partial charge < -0.3 is 15.1 Å². The van der Waals surface area contributed by atoms with Gasteiger partial charge in [-0.2, -0.15) is 0 Å². The molecule has 92 valence electrons. The molecule has 0 saturated carbocycles. The van der Waals surface area contributed by atoms with Gasteiger partial charge in [-0.1, -0.05) is 6.07 Å². The molecule has 0 aliphatic carbocycles. The van der Waals surface area contributed by atoms with Crippen molar-refractivity contribution in [1.29, 1.82) is 0 Å². The maximum Gasteiger partial charge on any atom is 0.240 e. The van der Waals surface area contributed by atoms with Crippen molar-refractivity contribution in [3.05, 3.63) is 23.8 Å². The van der Waals surface area contributed by atoms with Crippen LogP contribution in [0.4, 0.5) is 11.4 Å². The summed E-state index contributed by atoms with van der Waals surface area (Å²) in [6.07, 6.45) is 0. The molecule has 17 heavy (non-hydrogen) atoms. The fraction of sp³-hybridized carbons (Fsp3) is 0.462. The van der Waals surface area contributed by atoms with Gasteiger partial charge in [-0.15, -0.1) is 0 Å². The molecule has 1 fully saturated rings. The summed E-state index contributed by atoms with van der Waals surface area (Å²) in [6.45, 7) is 4.12. The van der Waals surface area contributed by atoms with Crippen molar-refractivity contribution >= 4 is 17.3 Å². The molecule has 1 aromatic rings. The Labute approximate surface area is 102 Å². The van der Waals surface area contributed by atoms with Gasteiger partial charge in [0.05, 0.1) is 6.54 Å². The zero-order valence-electron chi connectivity index (χ0n) is 10.7. The molecule has 0 spiro atoms. The number of carbonyl (C=O) groups excluding carboxylic acids is 1. The predicted molar refractivity (Wildman–Crippen MR) is 70.7 cm³/mol. The maximum absolute atomic E-state index is 11.8. The third kappa shape index (κ3) is 2.42. The maximum atomic E-state index is 11.8. The second-order valence-electron chi connectivity index (χ2n) is 4.59. The fourth-order valence-corrected chi connectivity index (χ4v) is 2.13. The van der Waals surface area contributed by atoms with Crippen molar-refractivity contribution in [3.8, 4) is 0 Å². The van der Waals surface area contributed by atoms with E-state index in [1.165, 1.54) is 5.56 Å². The SMILES string of the molecule is Cc1ccc(N2CCNCC2=O)cc1N(C)C. The van der Waals surface area contributed by atoms with Gasteiger partial charge in [0.2, 0.25) is 5.91 Å². The summed E-state index contributed by atoms with van der Waals surface area (Å²) >= 11 is 0. The van der Waals surface area contributed by atoms with Gasteiger partial charge in [0.15, 0.2) is 0 Å². The Morgan fingerprint density at radius 1 is 1.35 bits per heavy atom. The number of rotatable bonds is 2. The van der Waals surface area contributed by atoms with E-state index < -0.39 is 0 Å². The van der Waals surface area contributed by atoms with E-state index in [0.29, 0.717) is 6.54 Å². The molecule has 4 nitrogen and oxygen atoms in total. The summed E-state index contributed by atoms with van der Waals surface area (Å²) in [5.41, 5.74) is 3.38. The molecule has 1 aliphatic rings. The molecule has 1 heterocycles. The van der Waals surface area contributed by atoms with Crippen LogP contribution in [-0.2, 0) is 4.79 Å². The molecule has 1 aliphatic heterocycles. The van der Waals surface area contributed by atoms with Crippen LogP contribution in [0.3, 0.4) is 0 Å². The number of benzene rings is 1. The summed E-state index contributed by atoms with van der Waals surface area (Å²) in [5, 5.41) is 3.08. The van der Waals surface area contributed by atoms with Gasteiger partial charge in [0.25, 0.3) is 0 Å². The average Bonchev–Trinajstić information content (AvgIpc) is 2.30. The first-order valence-corrected chi connectivity index (χ1v) is 5.88. The number of carbonyl (C=O) groups is 1. The molecule has 1 saturated heterocycles. The fourth-order valence-electron chi connectivity index (χ4n) is 2.13. The summed E-state index contributed by atoms with van der Waals surface area (Å²) in [6, 6.07) is 6.17. The van der Waals surface area contributed by atoms with E-state index in [2.05, 4.69) is 29.3 Å². The highest BCUT2D eigenvalue weighted by atomic mass is 16.2. The summed E-state index contributed by atoms with van der Waals surface area (Å²) in [5.74, 6) is 0.143. The molecular formula is C13H19N3O. The first-order chi connectivity index (χ1) is 8.09. The number of aryl methyl sites for hydroxylation is 1. The first-order valence-electron chi connectivity index (χ1n) is 5.88. The van der Waals surface area contributed by atoms with Crippen LogP contribution in [0.15, 0.2) is 18.2 Å². The molecule has 0 aromatic heterocycles. The highest BCUT2D eigenvalue weighted by Gasteiger charge is 2.19. The van der Waals surface area contributed by atoms with E-state index in [1.54, 1.807) is 0 Å². The molecule has 1 amide bonds. The predicted octanol–water partition coefficient (Wildman–Crippen LogP) is 0.997. The highest BCUT2D eigenvalue weighted by molar-refractivity contribution is 5.96. The van der Waals surface area contributed by atoms with Crippen molar-refractivity contribution < 1.29 is 4.79 Å². The van der Waals surface area contributed by atoms with Gasteiger partial charge in [-0.25, -0.2) is 0 Å². The number of piperazine rings is 1. The number of nitrogens with one attached hydrogen (secondary N) is 1. The van der Waals surface area contributed by atoms with Gasteiger partial charge in [-0.3, -0.25) is 4.79 Å². The molecule has 0 unspecified atom stereocenters. The van der Waals surface area contributed by atoms with Crippen molar-refractivity contribution in [2.24, 2.45) is 0 Å². The Bertz CT molecular complexity index is 429. The second-order valence-corrected chi connectivity index (χ2v) is 4.59.